The van der Waals surface area contributed by atoms with Gasteiger partial charge in [-0.3, -0.25) is 4.79 Å². The van der Waals surface area contributed by atoms with E-state index in [-0.39, 0.29) is 94.3 Å². The Kier molecular flexibility index (Phi) is 13.6. The van der Waals surface area contributed by atoms with Gasteiger partial charge in [0.05, 0.1) is 30.9 Å². The monoisotopic (exact) mass is 998 g/mol. The van der Waals surface area contributed by atoms with Crippen molar-refractivity contribution >= 4 is 11.7 Å². The third-order valence-electron chi connectivity index (χ3n) is 20.0. The molecular weight excluding hydrogens is 919 g/mol. The zero-order valence-corrected chi connectivity index (χ0v) is 43.9. The third kappa shape index (κ3) is 9.22. The Morgan fingerprint density at radius 1 is 0.919 bits per heavy atom. The molecule has 1 aliphatic heterocycles. The number of aliphatic imine (C=N–C) groups is 1. The number of aliphatic hydroxyl groups is 1. The molecule has 9 aliphatic rings. The van der Waals surface area contributed by atoms with Crippen LogP contribution < -0.4 is 15.8 Å². The standard InChI is InChI=1S/C65H79N3O6/c1-39-24-52-44-27-41(29-49(70)31-44)26-40-12-10-14-47(28-40)65(22-7-3-8-23-65)68-63(66)67-48-15-11-18-51-53(42-19-20-43-36-64(38-69)21-9-6-13-46(64)34-54(43)58(71)33-42)35-59(74-50-16-4-5-17-50)62(72)61(51)60-56(25-39)55(52)32-45(30-48)57(60)37-73-2/h9-10,12,14,21,27-29,31-32,34-35,39,42-43,45-46,48,50,52,56-57,60,69-70,72H,3-8,13,15-17,19-20,22-26,30,33,36-38H2,1-2H3,(H3,66,67,68)/t39-,42-,43-,45-,46+,48-,52-,56-,57+,60+,64-/m0/s1. The molecule has 12 rings (SSSR count). The molecule has 8 aliphatic carbocycles. The van der Waals surface area contributed by atoms with Gasteiger partial charge in [0.2, 0.25) is 0 Å². The Balaban J connectivity index is 1.06. The maximum Gasteiger partial charge on any atom is 0.189 e. The lowest BCUT2D eigenvalue weighted by molar-refractivity contribution is -0.116. The number of allylic oxidation sites excluding steroid dienone is 5. The molecular formula is C65H79N3O6. The minimum atomic E-state index is -0.364. The Morgan fingerprint density at radius 2 is 1.76 bits per heavy atom. The van der Waals surface area contributed by atoms with Crippen molar-refractivity contribution in [3.63, 3.8) is 0 Å². The molecule has 4 fully saturated rings. The average Bonchev–Trinajstić information content (AvgIpc) is 3.87. The molecule has 9 nitrogen and oxygen atoms in total. The lowest BCUT2D eigenvalue weighted by atomic mass is 9.55. The number of benzene rings is 3. The number of hydrogen-bond acceptors (Lipinski definition) is 9. The maximum atomic E-state index is 14.9. The first-order valence-corrected chi connectivity index (χ1v) is 28.8. The highest BCUT2D eigenvalue weighted by atomic mass is 16.5. The van der Waals surface area contributed by atoms with Gasteiger partial charge in [-0.25, -0.2) is 4.99 Å². The second-order valence-corrected chi connectivity index (χ2v) is 24.7. The molecule has 0 unspecified atom stereocenters. The topological polar surface area (TPSA) is 147 Å². The number of nitrogens with one attached hydrogen (secondary N) is 1. The summed E-state index contributed by atoms with van der Waals surface area (Å²) in [6.45, 7) is 2.94. The quantitative estimate of drug-likeness (QED) is 0.121. The molecule has 4 saturated carbocycles. The summed E-state index contributed by atoms with van der Waals surface area (Å²) in [5.41, 5.74) is 16.2. The Hall–Kier alpha value is -5.30. The Morgan fingerprint density at radius 3 is 2.58 bits per heavy atom. The van der Waals surface area contributed by atoms with Crippen molar-refractivity contribution in [1.82, 2.24) is 5.32 Å². The molecule has 0 radical (unpaired) electrons. The molecule has 9 heteroatoms. The number of methoxy groups -OCH3 is 1. The summed E-state index contributed by atoms with van der Waals surface area (Å²) < 4.78 is 13.4. The van der Waals surface area contributed by atoms with E-state index in [2.05, 4.69) is 84.8 Å². The number of Topliss-reactive ketones (excluding diaryl/α,β-unsaturated/α-hetero) is 1. The highest BCUT2D eigenvalue weighted by Gasteiger charge is 2.50. The third-order valence-corrected chi connectivity index (χ3v) is 20.0. The number of nitrogens with two attached hydrogens (primary N) is 1. The van der Waals surface area contributed by atoms with Crippen LogP contribution in [0.3, 0.4) is 0 Å². The number of aromatic hydroxyl groups is 2. The second kappa shape index (κ2) is 20.3. The van der Waals surface area contributed by atoms with Gasteiger partial charge in [0.15, 0.2) is 23.2 Å². The molecule has 6 N–H and O–H groups in total. The molecule has 1 spiro atoms. The molecule has 3 aromatic carbocycles. The van der Waals surface area contributed by atoms with Crippen LogP contribution in [-0.2, 0) is 21.5 Å². The molecule has 0 aromatic heterocycles. The van der Waals surface area contributed by atoms with Crippen molar-refractivity contribution in [1.29, 1.82) is 0 Å². The van der Waals surface area contributed by atoms with E-state index in [4.69, 9.17) is 20.2 Å². The van der Waals surface area contributed by atoms with Crippen LogP contribution in [0.2, 0.25) is 0 Å². The van der Waals surface area contributed by atoms with Gasteiger partial charge in [0.25, 0.3) is 0 Å². The number of carbonyl (C=O) groups excluding carboxylic acids is 1. The number of rotatable bonds is 6. The summed E-state index contributed by atoms with van der Waals surface area (Å²) >= 11 is 0. The predicted molar refractivity (Wildman–Crippen MR) is 291 cm³/mol. The van der Waals surface area contributed by atoms with Crippen molar-refractivity contribution in [3.8, 4) is 29.1 Å². The normalized spacial score (nSPS) is 33.3. The highest BCUT2D eigenvalue weighted by Crippen LogP contribution is 2.61. The average molecular weight is 998 g/mol. The molecule has 0 amide bonds. The molecule has 11 atom stereocenters. The molecule has 1 heterocycles. The summed E-state index contributed by atoms with van der Waals surface area (Å²) in [6.07, 6.45) is 27.1. The number of guanidine groups is 1. The predicted octanol–water partition coefficient (Wildman–Crippen LogP) is 12.1. The van der Waals surface area contributed by atoms with Crippen molar-refractivity contribution in [2.24, 2.45) is 51.6 Å². The van der Waals surface area contributed by atoms with E-state index in [0.29, 0.717) is 49.9 Å². The minimum absolute atomic E-state index is 0.000756. The van der Waals surface area contributed by atoms with Gasteiger partial charge >= 0.3 is 0 Å². The van der Waals surface area contributed by atoms with Gasteiger partial charge in [0, 0.05) is 48.3 Å². The smallest absolute Gasteiger partial charge is 0.189 e. The SMILES string of the molecule is COC[C@H]1[C@@H]2c3c(O)c(OC4CCCC4)cc([C@H]4CC[C@H]5C[C@]6(CO)C=CCC[C@@H]6C=C5C(=O)C4)c3C#CC[C@H]3C[C@H]1C=C1[C@@H](C[C@H](C)C[C@@H]12)c1cc(O)cc(c1)Cc1cccc(c1)C1(CCCCC1)NC(N)=N3. The van der Waals surface area contributed by atoms with E-state index in [0.717, 1.165) is 130 Å². The van der Waals surface area contributed by atoms with E-state index in [9.17, 15) is 20.1 Å². The molecule has 74 heavy (non-hydrogen) atoms. The molecule has 0 saturated heterocycles. The summed E-state index contributed by atoms with van der Waals surface area (Å²) in [6, 6.07) is 17.1. The largest absolute Gasteiger partial charge is 0.508 e. The van der Waals surface area contributed by atoms with E-state index in [1.165, 1.54) is 23.1 Å². The van der Waals surface area contributed by atoms with Gasteiger partial charge in [-0.15, -0.1) is 0 Å². The zero-order valence-electron chi connectivity index (χ0n) is 43.9. The molecule has 3 aromatic rings. The zero-order chi connectivity index (χ0) is 50.7. The second-order valence-electron chi connectivity index (χ2n) is 24.7. The van der Waals surface area contributed by atoms with Crippen LogP contribution in [0, 0.1) is 52.8 Å². The van der Waals surface area contributed by atoms with Gasteiger partial charge in [-0.05, 0) is 189 Å². The van der Waals surface area contributed by atoms with Crippen LogP contribution in [0.5, 0.6) is 17.2 Å². The first-order chi connectivity index (χ1) is 36.0. The van der Waals surface area contributed by atoms with E-state index < -0.39 is 0 Å². The van der Waals surface area contributed by atoms with E-state index in [1.807, 2.05) is 12.1 Å². The van der Waals surface area contributed by atoms with Crippen LogP contribution in [0.4, 0.5) is 0 Å². The number of fused-ring (bicyclic) bond motifs is 13. The number of nitrogens with zero attached hydrogens (tertiary/aromatic N) is 1. The maximum absolute atomic E-state index is 14.9. The summed E-state index contributed by atoms with van der Waals surface area (Å²) in [5, 5.41) is 39.7. The number of ether oxygens (including phenoxy) is 2. The van der Waals surface area contributed by atoms with Gasteiger partial charge in [-0.1, -0.05) is 98.2 Å². The number of phenolic OH excluding ortho intramolecular Hbond substituents is 2. The summed E-state index contributed by atoms with van der Waals surface area (Å²) in [7, 11) is 1.81. The van der Waals surface area contributed by atoms with E-state index in [1.54, 1.807) is 7.11 Å². The lowest BCUT2D eigenvalue weighted by Gasteiger charge is -2.50. The van der Waals surface area contributed by atoms with Crippen LogP contribution in [0.25, 0.3) is 0 Å². The fourth-order valence-electron chi connectivity index (χ4n) is 16.6. The first-order valence-electron chi connectivity index (χ1n) is 28.8. The lowest BCUT2D eigenvalue weighted by Crippen LogP contribution is -2.50. The summed E-state index contributed by atoms with van der Waals surface area (Å²) in [4.78, 5) is 20.4. The number of aliphatic hydroxyl groups excluding tert-OH is 1. The summed E-state index contributed by atoms with van der Waals surface area (Å²) in [5.74, 6) is 9.38. The van der Waals surface area contributed by atoms with Crippen LogP contribution in [0.1, 0.15) is 186 Å². The van der Waals surface area contributed by atoms with Gasteiger partial charge in [-0.2, -0.15) is 0 Å². The van der Waals surface area contributed by atoms with Crippen molar-refractivity contribution in [2.75, 3.05) is 20.3 Å². The molecule has 390 valence electrons. The van der Waals surface area contributed by atoms with Gasteiger partial charge < -0.3 is 35.8 Å². The number of ketones is 1. The Bertz CT molecular complexity index is 2840. The van der Waals surface area contributed by atoms with Crippen molar-refractivity contribution < 1.29 is 29.6 Å². The first kappa shape index (κ1) is 49.6. The number of phenols is 2. The highest BCUT2D eigenvalue weighted by molar-refractivity contribution is 5.97. The van der Waals surface area contributed by atoms with Crippen LogP contribution in [0.15, 0.2) is 89.0 Å². The van der Waals surface area contributed by atoms with Gasteiger partial charge in [0.1, 0.15) is 5.75 Å². The Labute approximate surface area is 439 Å². The minimum Gasteiger partial charge on any atom is -0.508 e. The van der Waals surface area contributed by atoms with Crippen LogP contribution >= 0.6 is 0 Å². The van der Waals surface area contributed by atoms with Crippen molar-refractivity contribution in [3.05, 3.63) is 123 Å². The van der Waals surface area contributed by atoms with E-state index >= 15 is 0 Å². The van der Waals surface area contributed by atoms with Crippen molar-refractivity contribution in [2.45, 2.75) is 171 Å². The van der Waals surface area contributed by atoms with Crippen LogP contribution in [-0.4, -0.2) is 59.5 Å². The number of carbonyl (C=O) groups is 1. The number of hydrogen-bond donors (Lipinski definition) is 5. The molecule has 8 bridgehead atoms. The fourth-order valence-corrected chi connectivity index (χ4v) is 16.6. The fraction of sp³-hybridized carbons (Fsp3) is 0.569.